The van der Waals surface area contributed by atoms with Gasteiger partial charge in [-0.25, -0.2) is 0 Å². The Hall–Kier alpha value is -1.98. The number of aryl methyl sites for hydroxylation is 1. The van der Waals surface area contributed by atoms with E-state index < -0.39 is 0 Å². The summed E-state index contributed by atoms with van der Waals surface area (Å²) < 4.78 is 3.23. The molecule has 1 amide bonds. The maximum atomic E-state index is 12.3. The van der Waals surface area contributed by atoms with Crippen LogP contribution in [0.5, 0.6) is 0 Å². The first-order valence-corrected chi connectivity index (χ1v) is 9.78. The number of thiazole rings is 1. The number of aromatic nitrogens is 1. The molecular formula is C19H20N2OS2. The summed E-state index contributed by atoms with van der Waals surface area (Å²) in [5.74, 6) is -0.180. The number of carbonyl (C=O) groups excluding carboxylic acids is 1. The lowest BCUT2D eigenvalue weighted by molar-refractivity contribution is 0.100. The van der Waals surface area contributed by atoms with Crippen molar-refractivity contribution in [3.05, 3.63) is 63.6 Å². The smallest absolute Gasteiger partial charge is 0.289 e. The number of benzene rings is 1. The Morgan fingerprint density at radius 3 is 2.96 bits per heavy atom. The minimum Gasteiger partial charge on any atom is -0.312 e. The fraction of sp³-hybridized carbons (Fsp3) is 0.263. The number of thiophene rings is 1. The topological polar surface area (TPSA) is 34.4 Å². The number of nitrogens with zero attached hydrogens (tertiary/aromatic N) is 2. The second-order valence-electron chi connectivity index (χ2n) is 5.58. The molecule has 0 fully saturated rings. The summed E-state index contributed by atoms with van der Waals surface area (Å²) in [6.07, 6.45) is 5.31. The third-order valence-corrected chi connectivity index (χ3v) is 5.71. The summed E-state index contributed by atoms with van der Waals surface area (Å²) in [4.78, 5) is 18.1. The van der Waals surface area contributed by atoms with Crippen LogP contribution in [0.15, 0.2) is 53.4 Å². The van der Waals surface area contributed by atoms with Crippen molar-refractivity contribution in [2.45, 2.75) is 32.7 Å². The quantitative estimate of drug-likeness (QED) is 0.570. The average molecular weight is 357 g/mol. The van der Waals surface area contributed by atoms with Crippen molar-refractivity contribution in [1.29, 1.82) is 0 Å². The molecule has 0 spiro atoms. The van der Waals surface area contributed by atoms with Crippen molar-refractivity contribution >= 4 is 38.8 Å². The van der Waals surface area contributed by atoms with Gasteiger partial charge in [0.05, 0.1) is 15.1 Å². The van der Waals surface area contributed by atoms with Crippen LogP contribution in [-0.2, 0) is 13.0 Å². The highest BCUT2D eigenvalue weighted by molar-refractivity contribution is 7.16. The largest absolute Gasteiger partial charge is 0.312 e. The van der Waals surface area contributed by atoms with Crippen LogP contribution in [0, 0.1) is 0 Å². The number of unbranched alkanes of at least 4 members (excludes halogenated alkanes) is 1. The maximum Gasteiger partial charge on any atom is 0.289 e. The van der Waals surface area contributed by atoms with Crippen molar-refractivity contribution in [1.82, 2.24) is 4.57 Å². The highest BCUT2D eigenvalue weighted by Crippen LogP contribution is 2.21. The molecule has 0 saturated heterocycles. The van der Waals surface area contributed by atoms with E-state index in [-0.39, 0.29) is 5.91 Å². The zero-order valence-corrected chi connectivity index (χ0v) is 15.3. The number of carbonyl (C=O) groups is 1. The number of rotatable bonds is 6. The lowest BCUT2D eigenvalue weighted by Crippen LogP contribution is -2.15. The van der Waals surface area contributed by atoms with E-state index in [4.69, 9.17) is 0 Å². The van der Waals surface area contributed by atoms with Gasteiger partial charge in [-0.3, -0.25) is 4.79 Å². The van der Waals surface area contributed by atoms with Gasteiger partial charge in [0.15, 0.2) is 4.80 Å². The van der Waals surface area contributed by atoms with Gasteiger partial charge in [-0.15, -0.1) is 17.9 Å². The standard InChI is InChI=1S/C19H20N2OS2/c1-3-5-7-14-9-10-15-17(13-14)24-19(21(15)11-4-2)20-18(22)16-8-6-12-23-16/h4,6,8-10,12-13H,2-3,5,7,11H2,1H3. The number of allylic oxidation sites excluding steroid dienone is 1. The second-order valence-corrected chi connectivity index (χ2v) is 7.54. The van der Waals surface area contributed by atoms with Gasteiger partial charge in [0.2, 0.25) is 0 Å². The molecule has 0 bridgehead atoms. The molecule has 0 saturated carbocycles. The molecule has 24 heavy (non-hydrogen) atoms. The molecule has 3 rings (SSSR count). The molecule has 0 aliphatic carbocycles. The zero-order valence-electron chi connectivity index (χ0n) is 13.7. The van der Waals surface area contributed by atoms with Crippen molar-refractivity contribution < 1.29 is 4.79 Å². The normalized spacial score (nSPS) is 12.0. The molecule has 0 aliphatic rings. The molecule has 0 atom stereocenters. The molecule has 0 aliphatic heterocycles. The molecule has 3 nitrogen and oxygen atoms in total. The molecule has 5 heteroatoms. The Kier molecular flexibility index (Phi) is 5.43. The van der Waals surface area contributed by atoms with Crippen molar-refractivity contribution in [2.75, 3.05) is 0 Å². The number of hydrogen-bond acceptors (Lipinski definition) is 3. The Labute approximate surface area is 149 Å². The van der Waals surface area contributed by atoms with Crippen LogP contribution in [-0.4, -0.2) is 10.5 Å². The Morgan fingerprint density at radius 1 is 1.38 bits per heavy atom. The average Bonchev–Trinajstić information content (AvgIpc) is 3.22. The van der Waals surface area contributed by atoms with E-state index in [0.717, 1.165) is 16.7 Å². The van der Waals surface area contributed by atoms with Gasteiger partial charge in [0.25, 0.3) is 5.91 Å². The zero-order chi connectivity index (χ0) is 16.9. The van der Waals surface area contributed by atoms with Crippen LogP contribution in [0.4, 0.5) is 0 Å². The minimum absolute atomic E-state index is 0.180. The van der Waals surface area contributed by atoms with Gasteiger partial charge < -0.3 is 4.57 Å². The highest BCUT2D eigenvalue weighted by Gasteiger charge is 2.09. The third kappa shape index (κ3) is 3.57. The molecule has 124 valence electrons. The molecule has 3 aromatic rings. The van der Waals surface area contributed by atoms with E-state index in [0.29, 0.717) is 11.4 Å². The molecule has 1 aromatic carbocycles. The summed E-state index contributed by atoms with van der Waals surface area (Å²) in [5.41, 5.74) is 2.45. The van der Waals surface area contributed by atoms with Crippen molar-refractivity contribution in [3.8, 4) is 0 Å². The number of amides is 1. The van der Waals surface area contributed by atoms with Crippen LogP contribution in [0.25, 0.3) is 10.2 Å². The summed E-state index contributed by atoms with van der Waals surface area (Å²) in [6.45, 7) is 6.68. The van der Waals surface area contributed by atoms with Gasteiger partial charge >= 0.3 is 0 Å². The van der Waals surface area contributed by atoms with Crippen LogP contribution >= 0.6 is 22.7 Å². The SMILES string of the molecule is C=CCn1c(=NC(=O)c2cccs2)sc2cc(CCCC)ccc21. The molecule has 2 heterocycles. The summed E-state index contributed by atoms with van der Waals surface area (Å²) >= 11 is 2.99. The number of fused-ring (bicyclic) bond motifs is 1. The van der Waals surface area contributed by atoms with E-state index in [2.05, 4.69) is 41.3 Å². The van der Waals surface area contributed by atoms with E-state index >= 15 is 0 Å². The minimum atomic E-state index is -0.180. The summed E-state index contributed by atoms with van der Waals surface area (Å²) in [7, 11) is 0. The van der Waals surface area contributed by atoms with Gasteiger partial charge in [0.1, 0.15) is 0 Å². The van der Waals surface area contributed by atoms with Crippen LogP contribution < -0.4 is 4.80 Å². The molecule has 0 N–H and O–H groups in total. The van der Waals surface area contributed by atoms with Gasteiger partial charge in [-0.05, 0) is 42.0 Å². The first-order valence-electron chi connectivity index (χ1n) is 8.08. The van der Waals surface area contributed by atoms with E-state index in [1.807, 2.05) is 23.6 Å². The van der Waals surface area contributed by atoms with Crippen molar-refractivity contribution in [3.63, 3.8) is 0 Å². The molecule has 2 aromatic heterocycles. The van der Waals surface area contributed by atoms with Crippen LogP contribution in [0.3, 0.4) is 0 Å². The predicted molar refractivity (Wildman–Crippen MR) is 103 cm³/mol. The Morgan fingerprint density at radius 2 is 2.25 bits per heavy atom. The second kappa shape index (κ2) is 7.73. The molecule has 0 unspecified atom stereocenters. The van der Waals surface area contributed by atoms with Gasteiger partial charge in [-0.2, -0.15) is 4.99 Å². The van der Waals surface area contributed by atoms with Crippen LogP contribution in [0.2, 0.25) is 0 Å². The first-order chi connectivity index (χ1) is 11.7. The Balaban J connectivity index is 2.07. The van der Waals surface area contributed by atoms with Gasteiger partial charge in [-0.1, -0.05) is 42.9 Å². The number of hydrogen-bond donors (Lipinski definition) is 0. The monoisotopic (exact) mass is 356 g/mol. The maximum absolute atomic E-state index is 12.3. The van der Waals surface area contributed by atoms with E-state index in [9.17, 15) is 4.79 Å². The highest BCUT2D eigenvalue weighted by atomic mass is 32.1. The van der Waals surface area contributed by atoms with Crippen LogP contribution in [0.1, 0.15) is 35.0 Å². The summed E-state index contributed by atoms with van der Waals surface area (Å²) in [5, 5.41) is 1.89. The van der Waals surface area contributed by atoms with E-state index in [1.54, 1.807) is 11.3 Å². The fourth-order valence-corrected chi connectivity index (χ4v) is 4.30. The predicted octanol–water partition coefficient (Wildman–Crippen LogP) is 5.03. The third-order valence-electron chi connectivity index (χ3n) is 3.81. The lowest BCUT2D eigenvalue weighted by atomic mass is 10.1. The lowest BCUT2D eigenvalue weighted by Gasteiger charge is -2.03. The van der Waals surface area contributed by atoms with Gasteiger partial charge in [0, 0.05) is 6.54 Å². The van der Waals surface area contributed by atoms with E-state index in [1.165, 1.54) is 34.4 Å². The molecular weight excluding hydrogens is 336 g/mol. The van der Waals surface area contributed by atoms with Crippen molar-refractivity contribution in [2.24, 2.45) is 4.99 Å². The summed E-state index contributed by atoms with van der Waals surface area (Å²) in [6, 6.07) is 10.2. The fourth-order valence-electron chi connectivity index (χ4n) is 2.59. The first kappa shape index (κ1) is 16.9. The molecule has 0 radical (unpaired) electrons. The Bertz CT molecular complexity index is 917.